The van der Waals surface area contributed by atoms with Gasteiger partial charge in [0.05, 0.1) is 0 Å². The topological polar surface area (TPSA) is 63.1 Å². The summed E-state index contributed by atoms with van der Waals surface area (Å²) in [5, 5.41) is 4.32. The highest BCUT2D eigenvalue weighted by Crippen LogP contribution is 2.21. The lowest BCUT2D eigenvalue weighted by atomic mass is 9.95. The van der Waals surface area contributed by atoms with Crippen molar-refractivity contribution in [1.29, 1.82) is 0 Å². The van der Waals surface area contributed by atoms with Crippen LogP contribution in [0.3, 0.4) is 0 Å². The predicted molar refractivity (Wildman–Crippen MR) is 110 cm³/mol. The van der Waals surface area contributed by atoms with Crippen molar-refractivity contribution in [2.75, 3.05) is 19.6 Å². The molecule has 0 atom stereocenters. The van der Waals surface area contributed by atoms with Gasteiger partial charge in [-0.3, -0.25) is 9.78 Å². The van der Waals surface area contributed by atoms with E-state index in [9.17, 15) is 4.79 Å². The molecule has 28 heavy (non-hydrogen) atoms. The number of hydrogen-bond donors (Lipinski definition) is 1. The van der Waals surface area contributed by atoms with Crippen LogP contribution in [0.5, 0.6) is 0 Å². The van der Waals surface area contributed by atoms with E-state index in [1.807, 2.05) is 24.4 Å². The maximum atomic E-state index is 12.5. The van der Waals surface area contributed by atoms with E-state index < -0.39 is 0 Å². The average molecular weight is 377 g/mol. The molecule has 0 spiro atoms. The van der Waals surface area contributed by atoms with E-state index in [0.29, 0.717) is 6.54 Å². The van der Waals surface area contributed by atoms with Gasteiger partial charge < -0.3 is 14.8 Å². The summed E-state index contributed by atoms with van der Waals surface area (Å²) in [6.07, 6.45) is 10.4. The van der Waals surface area contributed by atoms with Crippen LogP contribution in [-0.4, -0.2) is 45.0 Å². The summed E-state index contributed by atoms with van der Waals surface area (Å²) in [6.45, 7) is 3.57. The summed E-state index contributed by atoms with van der Waals surface area (Å²) in [5.41, 5.74) is 3.48. The number of nitrogens with one attached hydrogen (secondary N) is 1. The van der Waals surface area contributed by atoms with Crippen LogP contribution in [0.25, 0.3) is 11.0 Å². The number of aryl methyl sites for hydroxylation is 1. The number of carbonyl (C=O) groups excluding carboxylic acids is 1. The van der Waals surface area contributed by atoms with Crippen LogP contribution in [0.4, 0.5) is 0 Å². The number of nitrogens with zero attached hydrogens (tertiary/aromatic N) is 4. The van der Waals surface area contributed by atoms with Gasteiger partial charge in [0.25, 0.3) is 0 Å². The normalized spacial score (nSPS) is 15.8. The fraction of sp³-hybridized carbons (Fsp3) is 0.409. The molecule has 146 valence electrons. The number of rotatable bonds is 6. The maximum Gasteiger partial charge on any atom is 0.223 e. The van der Waals surface area contributed by atoms with Crippen molar-refractivity contribution in [2.45, 2.75) is 25.8 Å². The molecule has 1 aliphatic heterocycles. The van der Waals surface area contributed by atoms with Gasteiger partial charge in [-0.15, -0.1) is 0 Å². The molecule has 3 aromatic rings. The number of pyridine rings is 2. The lowest BCUT2D eigenvalue weighted by molar-refractivity contribution is -0.126. The van der Waals surface area contributed by atoms with Gasteiger partial charge >= 0.3 is 0 Å². The largest absolute Gasteiger partial charge is 0.352 e. The lowest BCUT2D eigenvalue weighted by Gasteiger charge is -2.31. The van der Waals surface area contributed by atoms with Gasteiger partial charge in [0.15, 0.2) is 0 Å². The molecular formula is C22H27N5O. The molecule has 0 radical (unpaired) electrons. The van der Waals surface area contributed by atoms with E-state index >= 15 is 0 Å². The molecular weight excluding hydrogens is 350 g/mol. The van der Waals surface area contributed by atoms with E-state index in [1.54, 1.807) is 12.4 Å². The van der Waals surface area contributed by atoms with Crippen molar-refractivity contribution < 1.29 is 4.79 Å². The first-order valence-corrected chi connectivity index (χ1v) is 9.98. The zero-order valence-electron chi connectivity index (χ0n) is 16.3. The minimum absolute atomic E-state index is 0.125. The molecule has 4 heterocycles. The summed E-state index contributed by atoms with van der Waals surface area (Å²) < 4.78 is 2.10. The Balaban J connectivity index is 1.24. The van der Waals surface area contributed by atoms with Crippen molar-refractivity contribution in [3.63, 3.8) is 0 Å². The van der Waals surface area contributed by atoms with Gasteiger partial charge in [-0.1, -0.05) is 0 Å². The highest BCUT2D eigenvalue weighted by atomic mass is 16.1. The zero-order valence-corrected chi connectivity index (χ0v) is 16.3. The fourth-order valence-electron chi connectivity index (χ4n) is 4.02. The summed E-state index contributed by atoms with van der Waals surface area (Å²) in [7, 11) is 2.05. The first-order valence-electron chi connectivity index (χ1n) is 9.98. The van der Waals surface area contributed by atoms with Crippen LogP contribution in [-0.2, 0) is 24.8 Å². The van der Waals surface area contributed by atoms with Crippen molar-refractivity contribution in [2.24, 2.45) is 13.0 Å². The van der Waals surface area contributed by atoms with Crippen LogP contribution in [0.1, 0.15) is 24.0 Å². The van der Waals surface area contributed by atoms with Crippen LogP contribution < -0.4 is 5.32 Å². The number of hydrogen-bond acceptors (Lipinski definition) is 4. The molecule has 1 amide bonds. The Bertz CT molecular complexity index is 929. The number of fused-ring (bicyclic) bond motifs is 1. The Morgan fingerprint density at radius 2 is 1.96 bits per heavy atom. The Morgan fingerprint density at radius 3 is 2.75 bits per heavy atom. The monoisotopic (exact) mass is 377 g/mol. The van der Waals surface area contributed by atoms with E-state index in [4.69, 9.17) is 0 Å². The number of piperidine rings is 1. The Kier molecular flexibility index (Phi) is 5.67. The van der Waals surface area contributed by atoms with Crippen LogP contribution in [0.2, 0.25) is 0 Å². The highest BCUT2D eigenvalue weighted by Gasteiger charge is 2.24. The van der Waals surface area contributed by atoms with Crippen molar-refractivity contribution in [1.82, 2.24) is 24.8 Å². The molecule has 6 nitrogen and oxygen atoms in total. The summed E-state index contributed by atoms with van der Waals surface area (Å²) in [5.74, 6) is 0.302. The highest BCUT2D eigenvalue weighted by molar-refractivity contribution is 5.80. The molecule has 0 saturated carbocycles. The minimum atomic E-state index is 0.125. The third-order valence-electron chi connectivity index (χ3n) is 5.69. The molecule has 1 aliphatic rings. The van der Waals surface area contributed by atoms with Crippen molar-refractivity contribution >= 4 is 16.9 Å². The van der Waals surface area contributed by atoms with E-state index in [0.717, 1.165) is 50.1 Å². The number of amides is 1. The average Bonchev–Trinajstić information content (AvgIpc) is 3.07. The molecule has 1 fully saturated rings. The molecule has 0 bridgehead atoms. The lowest BCUT2D eigenvalue weighted by Crippen LogP contribution is -2.41. The molecule has 0 aromatic carbocycles. The Labute approximate surface area is 165 Å². The van der Waals surface area contributed by atoms with Gasteiger partial charge in [-0.25, -0.2) is 4.98 Å². The van der Waals surface area contributed by atoms with Gasteiger partial charge in [-0.2, -0.15) is 0 Å². The van der Waals surface area contributed by atoms with Crippen LogP contribution >= 0.6 is 0 Å². The fourth-order valence-corrected chi connectivity index (χ4v) is 4.02. The maximum absolute atomic E-state index is 12.5. The second kappa shape index (κ2) is 8.52. The van der Waals surface area contributed by atoms with E-state index in [-0.39, 0.29) is 11.8 Å². The van der Waals surface area contributed by atoms with Crippen molar-refractivity contribution in [3.8, 4) is 0 Å². The van der Waals surface area contributed by atoms with Gasteiger partial charge in [-0.05, 0) is 67.7 Å². The SMILES string of the molecule is Cn1cc(CCN2CCC(C(=O)NCc3ccncc3)CC2)c2cccnc21. The smallest absolute Gasteiger partial charge is 0.223 e. The summed E-state index contributed by atoms with van der Waals surface area (Å²) >= 11 is 0. The van der Waals surface area contributed by atoms with E-state index in [2.05, 4.69) is 44.1 Å². The second-order valence-electron chi connectivity index (χ2n) is 7.58. The standard InChI is InChI=1S/C22H27N5O/c1-26-16-19(20-3-2-9-24-21(20)26)8-14-27-12-6-18(7-13-27)22(28)25-15-17-4-10-23-11-5-17/h2-5,9-11,16,18H,6-8,12-15H2,1H3,(H,25,28). The molecule has 0 unspecified atom stereocenters. The first kappa shape index (κ1) is 18.6. The van der Waals surface area contributed by atoms with Crippen molar-refractivity contribution in [3.05, 3.63) is 60.2 Å². The Hall–Kier alpha value is -2.73. The molecule has 1 N–H and O–H groups in total. The van der Waals surface area contributed by atoms with Gasteiger partial charge in [0, 0.05) is 56.2 Å². The number of carbonyl (C=O) groups is 1. The number of aromatic nitrogens is 3. The third kappa shape index (κ3) is 4.22. The summed E-state index contributed by atoms with van der Waals surface area (Å²) in [4.78, 5) is 23.4. The number of likely N-dealkylation sites (tertiary alicyclic amines) is 1. The molecule has 3 aromatic heterocycles. The van der Waals surface area contributed by atoms with Crippen LogP contribution in [0.15, 0.2) is 49.1 Å². The van der Waals surface area contributed by atoms with Gasteiger partial charge in [0.2, 0.25) is 5.91 Å². The second-order valence-corrected chi connectivity index (χ2v) is 7.58. The predicted octanol–water partition coefficient (Wildman–Crippen LogP) is 2.54. The third-order valence-corrected chi connectivity index (χ3v) is 5.69. The molecule has 0 aliphatic carbocycles. The van der Waals surface area contributed by atoms with Gasteiger partial charge in [0.1, 0.15) is 5.65 Å². The molecule has 6 heteroatoms. The van der Waals surface area contributed by atoms with E-state index in [1.165, 1.54) is 10.9 Å². The molecule has 1 saturated heterocycles. The zero-order chi connectivity index (χ0) is 19.3. The molecule has 4 rings (SSSR count). The quantitative estimate of drug-likeness (QED) is 0.717. The Morgan fingerprint density at radius 1 is 1.18 bits per heavy atom. The minimum Gasteiger partial charge on any atom is -0.352 e. The van der Waals surface area contributed by atoms with Crippen LogP contribution in [0, 0.1) is 5.92 Å². The first-order chi connectivity index (χ1) is 13.7. The summed E-state index contributed by atoms with van der Waals surface area (Å²) in [6, 6.07) is 8.02.